The van der Waals surface area contributed by atoms with Crippen molar-refractivity contribution in [1.29, 1.82) is 0 Å². The molecule has 3 unspecified atom stereocenters. The molecule has 2 aliphatic rings. The Hall–Kier alpha value is 0.270. The molecule has 2 rings (SSSR count). The van der Waals surface area contributed by atoms with Crippen LogP contribution in [0.3, 0.4) is 0 Å². The summed E-state index contributed by atoms with van der Waals surface area (Å²) in [6.07, 6.45) is 2.61. The van der Waals surface area contributed by atoms with Crippen LogP contribution in [0, 0.1) is 0 Å². The molecule has 0 aromatic carbocycles. The fraction of sp³-hybridized carbons (Fsp3) is 0.941. The van der Waals surface area contributed by atoms with Crippen LogP contribution in [0.5, 0.6) is 0 Å². The van der Waals surface area contributed by atoms with Gasteiger partial charge in [0, 0.05) is 36.5 Å². The van der Waals surface area contributed by atoms with Crippen molar-refractivity contribution < 1.29 is 4.74 Å². The van der Waals surface area contributed by atoms with Crippen LogP contribution in [0.1, 0.15) is 40.5 Å². The smallest absolute Gasteiger partial charge is 0.191 e. The predicted molar refractivity (Wildman–Crippen MR) is 116 cm³/mol. The highest BCUT2D eigenvalue weighted by atomic mass is 127. The molecule has 0 aromatic heterocycles. The molecular weight excluding hydrogens is 435 g/mol. The molecule has 0 aromatic rings. The van der Waals surface area contributed by atoms with Gasteiger partial charge in [-0.15, -0.1) is 24.0 Å². The maximum Gasteiger partial charge on any atom is 0.191 e. The van der Waals surface area contributed by atoms with Crippen molar-refractivity contribution >= 4 is 41.7 Å². The van der Waals surface area contributed by atoms with E-state index in [9.17, 15) is 0 Å². The first-order chi connectivity index (χ1) is 11.0. The van der Waals surface area contributed by atoms with Crippen LogP contribution in [0.2, 0.25) is 0 Å². The van der Waals surface area contributed by atoms with Crippen molar-refractivity contribution in [2.45, 2.75) is 57.4 Å². The fourth-order valence-corrected chi connectivity index (χ4v) is 4.53. The first-order valence-electron chi connectivity index (χ1n) is 9.04. The van der Waals surface area contributed by atoms with Gasteiger partial charge in [0.2, 0.25) is 0 Å². The maximum absolute atomic E-state index is 5.53. The standard InChI is InChI=1S/C17H34N4OS.HI/c1-5-18-16(20-13-17(4)7-6-10-23-17)19-11-14(2)21-8-9-22-12-15(21)3;/h14-15H,5-13H2,1-4H3,(H2,18,19,20);1H. The van der Waals surface area contributed by atoms with Crippen LogP contribution in [0.4, 0.5) is 0 Å². The molecule has 0 bridgehead atoms. The number of morpholine rings is 1. The first kappa shape index (κ1) is 22.3. The molecule has 2 N–H and O–H groups in total. The van der Waals surface area contributed by atoms with Gasteiger partial charge in [-0.25, -0.2) is 0 Å². The largest absolute Gasteiger partial charge is 0.379 e. The molecule has 0 amide bonds. The van der Waals surface area contributed by atoms with E-state index in [0.717, 1.165) is 45.4 Å². The van der Waals surface area contributed by atoms with Crippen molar-refractivity contribution in [2.75, 3.05) is 45.1 Å². The van der Waals surface area contributed by atoms with Gasteiger partial charge in [0.05, 0.1) is 19.8 Å². The minimum atomic E-state index is 0. The van der Waals surface area contributed by atoms with Crippen LogP contribution in [-0.4, -0.2) is 72.8 Å². The fourth-order valence-electron chi connectivity index (χ4n) is 3.31. The highest BCUT2D eigenvalue weighted by Gasteiger charge is 2.29. The third-order valence-electron chi connectivity index (χ3n) is 4.77. The topological polar surface area (TPSA) is 48.9 Å². The Morgan fingerprint density at radius 1 is 1.46 bits per heavy atom. The summed E-state index contributed by atoms with van der Waals surface area (Å²) in [7, 11) is 0. The van der Waals surface area contributed by atoms with Crippen molar-refractivity contribution in [3.8, 4) is 0 Å². The molecule has 2 aliphatic heterocycles. The molecular formula is C17H35IN4OS. The van der Waals surface area contributed by atoms with Gasteiger partial charge >= 0.3 is 0 Å². The Kier molecular flexibility index (Phi) is 10.3. The lowest BCUT2D eigenvalue weighted by Gasteiger charge is -2.38. The van der Waals surface area contributed by atoms with Gasteiger partial charge in [0.15, 0.2) is 5.96 Å². The van der Waals surface area contributed by atoms with E-state index < -0.39 is 0 Å². The Bertz CT molecular complexity index is 391. The minimum absolute atomic E-state index is 0. The van der Waals surface area contributed by atoms with Gasteiger partial charge in [-0.1, -0.05) is 0 Å². The summed E-state index contributed by atoms with van der Waals surface area (Å²) < 4.78 is 5.86. The van der Waals surface area contributed by atoms with Crippen LogP contribution in [0.25, 0.3) is 0 Å². The zero-order chi connectivity index (χ0) is 16.7. The van der Waals surface area contributed by atoms with Gasteiger partial charge in [0.25, 0.3) is 0 Å². The minimum Gasteiger partial charge on any atom is -0.379 e. The number of ether oxygens (including phenoxy) is 1. The zero-order valence-corrected chi connectivity index (χ0v) is 18.8. The van der Waals surface area contributed by atoms with E-state index in [4.69, 9.17) is 9.73 Å². The monoisotopic (exact) mass is 470 g/mol. The van der Waals surface area contributed by atoms with E-state index in [2.05, 4.69) is 55.0 Å². The quantitative estimate of drug-likeness (QED) is 0.355. The lowest BCUT2D eigenvalue weighted by molar-refractivity contribution is -0.0174. The van der Waals surface area contributed by atoms with Gasteiger partial charge in [-0.05, 0) is 46.3 Å². The van der Waals surface area contributed by atoms with Crippen LogP contribution >= 0.6 is 35.7 Å². The highest BCUT2D eigenvalue weighted by Crippen LogP contribution is 2.37. The van der Waals surface area contributed by atoms with Crippen LogP contribution in [-0.2, 0) is 4.74 Å². The van der Waals surface area contributed by atoms with Crippen LogP contribution < -0.4 is 10.6 Å². The van der Waals surface area contributed by atoms with E-state index >= 15 is 0 Å². The lowest BCUT2D eigenvalue weighted by Crippen LogP contribution is -2.53. The third-order valence-corrected chi connectivity index (χ3v) is 6.29. The summed E-state index contributed by atoms with van der Waals surface area (Å²) in [6, 6.07) is 0.975. The molecule has 0 radical (unpaired) electrons. The number of hydrogen-bond donors (Lipinski definition) is 2. The number of nitrogens with zero attached hydrogens (tertiary/aromatic N) is 2. The molecule has 2 saturated heterocycles. The van der Waals surface area contributed by atoms with Crippen molar-refractivity contribution in [2.24, 2.45) is 4.99 Å². The van der Waals surface area contributed by atoms with Gasteiger partial charge < -0.3 is 15.4 Å². The molecule has 0 spiro atoms. The Morgan fingerprint density at radius 3 is 2.88 bits per heavy atom. The van der Waals surface area contributed by atoms with E-state index in [0.29, 0.717) is 16.8 Å². The van der Waals surface area contributed by atoms with E-state index in [1.807, 2.05) is 0 Å². The Morgan fingerprint density at radius 2 is 2.25 bits per heavy atom. The summed E-state index contributed by atoms with van der Waals surface area (Å²) in [5.41, 5.74) is 0. The summed E-state index contributed by atoms with van der Waals surface area (Å²) in [5.74, 6) is 2.23. The second-order valence-corrected chi connectivity index (χ2v) is 8.67. The number of nitrogens with one attached hydrogen (secondary N) is 2. The number of rotatable bonds is 6. The van der Waals surface area contributed by atoms with E-state index in [1.165, 1.54) is 18.6 Å². The maximum atomic E-state index is 5.53. The number of hydrogen-bond acceptors (Lipinski definition) is 4. The van der Waals surface area contributed by atoms with Crippen molar-refractivity contribution in [3.05, 3.63) is 0 Å². The SMILES string of the molecule is CCNC(=NCC1(C)CCCS1)NCC(C)N1CCOCC1C.I. The molecule has 142 valence electrons. The molecule has 2 fully saturated rings. The zero-order valence-electron chi connectivity index (χ0n) is 15.6. The molecule has 0 aliphatic carbocycles. The lowest BCUT2D eigenvalue weighted by atomic mass is 10.1. The molecule has 0 saturated carbocycles. The summed E-state index contributed by atoms with van der Waals surface area (Å²) >= 11 is 2.07. The molecule has 7 heteroatoms. The first-order valence-corrected chi connectivity index (χ1v) is 10.0. The van der Waals surface area contributed by atoms with Gasteiger partial charge in [-0.2, -0.15) is 11.8 Å². The summed E-state index contributed by atoms with van der Waals surface area (Å²) in [5, 5.41) is 6.91. The van der Waals surface area contributed by atoms with Crippen LogP contribution in [0.15, 0.2) is 4.99 Å². The van der Waals surface area contributed by atoms with Crippen molar-refractivity contribution in [3.63, 3.8) is 0 Å². The molecule has 24 heavy (non-hydrogen) atoms. The Labute approximate surface area is 169 Å². The predicted octanol–water partition coefficient (Wildman–Crippen LogP) is 2.55. The highest BCUT2D eigenvalue weighted by molar-refractivity contribution is 14.0. The molecule has 2 heterocycles. The summed E-state index contributed by atoms with van der Waals surface area (Å²) in [6.45, 7) is 14.4. The number of guanidine groups is 1. The molecule has 3 atom stereocenters. The molecule has 5 nitrogen and oxygen atoms in total. The van der Waals surface area contributed by atoms with E-state index in [1.54, 1.807) is 0 Å². The third kappa shape index (κ3) is 6.88. The van der Waals surface area contributed by atoms with Gasteiger partial charge in [-0.3, -0.25) is 9.89 Å². The number of aliphatic imine (C=N–C) groups is 1. The Balaban J connectivity index is 0.00000288. The average molecular weight is 470 g/mol. The normalized spacial score (nSPS) is 29.8. The van der Waals surface area contributed by atoms with Crippen molar-refractivity contribution in [1.82, 2.24) is 15.5 Å². The second kappa shape index (κ2) is 11.1. The average Bonchev–Trinajstić information content (AvgIpc) is 2.97. The summed E-state index contributed by atoms with van der Waals surface area (Å²) in [4.78, 5) is 7.36. The van der Waals surface area contributed by atoms with Gasteiger partial charge in [0.1, 0.15) is 0 Å². The second-order valence-electron chi connectivity index (χ2n) is 6.99. The van der Waals surface area contributed by atoms with E-state index in [-0.39, 0.29) is 24.0 Å². The number of halogens is 1. The number of thioether (sulfide) groups is 1.